The van der Waals surface area contributed by atoms with Gasteiger partial charge in [-0.3, -0.25) is 14.5 Å². The predicted octanol–water partition coefficient (Wildman–Crippen LogP) is 0.434. The summed E-state index contributed by atoms with van der Waals surface area (Å²) in [6.45, 7) is 5.49. The average molecular weight is 291 g/mol. The molecule has 0 aromatic carbocycles. The van der Waals surface area contributed by atoms with Crippen LogP contribution in [-0.2, 0) is 23.9 Å². The fourth-order valence-corrected chi connectivity index (χ4v) is 3.10. The van der Waals surface area contributed by atoms with Crippen LogP contribution in [0.15, 0.2) is 24.3 Å². The van der Waals surface area contributed by atoms with E-state index < -0.39 is 5.97 Å². The van der Waals surface area contributed by atoms with Crippen molar-refractivity contribution >= 4 is 17.8 Å². The molecule has 0 aromatic rings. The van der Waals surface area contributed by atoms with Crippen molar-refractivity contribution in [2.24, 2.45) is 11.8 Å². The van der Waals surface area contributed by atoms with E-state index in [0.717, 1.165) is 0 Å². The number of carbonyl (C=O) groups is 3. The number of nitrogens with zero attached hydrogens (tertiary/aromatic N) is 1. The highest BCUT2D eigenvalue weighted by Gasteiger charge is 2.60. The highest BCUT2D eigenvalue weighted by Crippen LogP contribution is 2.44. The standard InChI is InChI=1S/C15H17NO5/c1-8(2)15(19)20-7-3-6-16-13(17)11-9-4-5-10(21-9)12(11)14(16)18/h4-5,9-12H,1,3,6-7H2,2H3. The van der Waals surface area contributed by atoms with Crippen LogP contribution in [0, 0.1) is 11.8 Å². The number of fused-ring (bicyclic) bond motifs is 5. The second kappa shape index (κ2) is 5.11. The summed E-state index contributed by atoms with van der Waals surface area (Å²) in [5, 5.41) is 0. The van der Waals surface area contributed by atoms with Gasteiger partial charge >= 0.3 is 5.97 Å². The second-order valence-corrected chi connectivity index (χ2v) is 5.60. The van der Waals surface area contributed by atoms with Gasteiger partial charge in [0.1, 0.15) is 0 Å². The number of rotatable bonds is 5. The molecule has 3 aliphatic heterocycles. The summed E-state index contributed by atoms with van der Waals surface area (Å²) in [7, 11) is 0. The molecule has 0 aromatic heterocycles. The zero-order valence-electron chi connectivity index (χ0n) is 11.8. The van der Waals surface area contributed by atoms with E-state index in [1.54, 1.807) is 6.92 Å². The summed E-state index contributed by atoms with van der Waals surface area (Å²) in [5.41, 5.74) is 0.331. The van der Waals surface area contributed by atoms with Crippen molar-refractivity contribution in [1.82, 2.24) is 4.90 Å². The lowest BCUT2D eigenvalue weighted by atomic mass is 9.85. The first kappa shape index (κ1) is 14.0. The third kappa shape index (κ3) is 2.19. The Morgan fingerprint density at radius 2 is 1.86 bits per heavy atom. The monoisotopic (exact) mass is 291 g/mol. The van der Waals surface area contributed by atoms with E-state index in [-0.39, 0.29) is 49.0 Å². The van der Waals surface area contributed by atoms with Gasteiger partial charge in [0.2, 0.25) is 11.8 Å². The fraction of sp³-hybridized carbons (Fsp3) is 0.533. The summed E-state index contributed by atoms with van der Waals surface area (Å²) in [6, 6.07) is 0. The van der Waals surface area contributed by atoms with Crippen molar-refractivity contribution in [2.45, 2.75) is 25.6 Å². The Bertz CT molecular complexity index is 522. The Morgan fingerprint density at radius 3 is 2.38 bits per heavy atom. The average Bonchev–Trinajstić information content (AvgIpc) is 3.11. The third-order valence-corrected chi connectivity index (χ3v) is 4.11. The maximum atomic E-state index is 12.3. The molecular formula is C15H17NO5. The third-order valence-electron chi connectivity index (χ3n) is 4.11. The van der Waals surface area contributed by atoms with Crippen molar-refractivity contribution < 1.29 is 23.9 Å². The van der Waals surface area contributed by atoms with E-state index in [1.807, 2.05) is 12.2 Å². The summed E-state index contributed by atoms with van der Waals surface area (Å²) in [4.78, 5) is 37.1. The predicted molar refractivity (Wildman–Crippen MR) is 71.9 cm³/mol. The molecule has 0 saturated carbocycles. The topological polar surface area (TPSA) is 72.9 Å². The molecule has 3 aliphatic rings. The van der Waals surface area contributed by atoms with Crippen molar-refractivity contribution in [1.29, 1.82) is 0 Å². The zero-order chi connectivity index (χ0) is 15.1. The quantitative estimate of drug-likeness (QED) is 0.241. The summed E-state index contributed by atoms with van der Waals surface area (Å²) >= 11 is 0. The van der Waals surface area contributed by atoms with Gasteiger partial charge in [-0.05, 0) is 13.3 Å². The lowest BCUT2D eigenvalue weighted by Gasteiger charge is -2.17. The number of hydrogen-bond acceptors (Lipinski definition) is 5. The maximum Gasteiger partial charge on any atom is 0.333 e. The maximum absolute atomic E-state index is 12.3. The Hall–Kier alpha value is -1.95. The number of amides is 2. The van der Waals surface area contributed by atoms with Crippen molar-refractivity contribution in [3.05, 3.63) is 24.3 Å². The van der Waals surface area contributed by atoms with Crippen LogP contribution in [0.4, 0.5) is 0 Å². The Kier molecular flexibility index (Phi) is 3.41. The first-order chi connectivity index (χ1) is 10.0. The first-order valence-electron chi connectivity index (χ1n) is 7.02. The molecular weight excluding hydrogens is 274 g/mol. The Morgan fingerprint density at radius 1 is 1.29 bits per heavy atom. The molecule has 21 heavy (non-hydrogen) atoms. The Labute approximate surface area is 122 Å². The van der Waals surface area contributed by atoms with E-state index in [9.17, 15) is 14.4 Å². The van der Waals surface area contributed by atoms with Gasteiger partial charge in [-0.15, -0.1) is 0 Å². The minimum absolute atomic E-state index is 0.166. The van der Waals surface area contributed by atoms with E-state index in [2.05, 4.69) is 6.58 Å². The lowest BCUT2D eigenvalue weighted by molar-refractivity contribution is -0.142. The summed E-state index contributed by atoms with van der Waals surface area (Å²) < 4.78 is 10.5. The molecule has 0 spiro atoms. The van der Waals surface area contributed by atoms with Gasteiger partial charge in [-0.25, -0.2) is 4.79 Å². The van der Waals surface area contributed by atoms with Gasteiger partial charge in [-0.1, -0.05) is 18.7 Å². The lowest BCUT2D eigenvalue weighted by Crippen LogP contribution is -2.35. The molecule has 2 fully saturated rings. The van der Waals surface area contributed by atoms with E-state index >= 15 is 0 Å². The molecule has 3 heterocycles. The highest BCUT2D eigenvalue weighted by molar-refractivity contribution is 6.06. The number of likely N-dealkylation sites (tertiary alicyclic amines) is 1. The number of hydrogen-bond donors (Lipinski definition) is 0. The molecule has 4 atom stereocenters. The number of imide groups is 1. The molecule has 2 amide bonds. The van der Waals surface area contributed by atoms with Crippen LogP contribution in [0.3, 0.4) is 0 Å². The molecule has 2 saturated heterocycles. The Balaban J connectivity index is 1.54. The van der Waals surface area contributed by atoms with Crippen molar-refractivity contribution in [3.8, 4) is 0 Å². The van der Waals surface area contributed by atoms with Crippen LogP contribution in [0.1, 0.15) is 13.3 Å². The summed E-state index contributed by atoms with van der Waals surface area (Å²) in [5.74, 6) is -1.54. The van der Waals surface area contributed by atoms with Gasteiger partial charge in [0.25, 0.3) is 0 Å². The molecule has 0 aliphatic carbocycles. The van der Waals surface area contributed by atoms with Crippen molar-refractivity contribution in [2.75, 3.05) is 13.2 Å². The minimum Gasteiger partial charge on any atom is -0.462 e. The molecule has 0 N–H and O–H groups in total. The SMILES string of the molecule is C=C(C)C(=O)OCCCN1C(=O)C2C3C=CC(O3)C2C1=O. The van der Waals surface area contributed by atoms with Crippen LogP contribution in [-0.4, -0.2) is 48.0 Å². The minimum atomic E-state index is -0.457. The molecule has 4 unspecified atom stereocenters. The molecule has 112 valence electrons. The second-order valence-electron chi connectivity index (χ2n) is 5.60. The molecule has 3 rings (SSSR count). The number of ether oxygens (including phenoxy) is 2. The summed E-state index contributed by atoms with van der Waals surface area (Å²) in [6.07, 6.45) is 3.62. The van der Waals surface area contributed by atoms with Crippen LogP contribution in [0.5, 0.6) is 0 Å². The largest absolute Gasteiger partial charge is 0.462 e. The van der Waals surface area contributed by atoms with E-state index in [1.165, 1.54) is 4.90 Å². The highest BCUT2D eigenvalue weighted by atomic mass is 16.5. The smallest absolute Gasteiger partial charge is 0.333 e. The van der Waals surface area contributed by atoms with Crippen molar-refractivity contribution in [3.63, 3.8) is 0 Å². The van der Waals surface area contributed by atoms with E-state index in [0.29, 0.717) is 12.0 Å². The van der Waals surface area contributed by atoms with Crippen LogP contribution >= 0.6 is 0 Å². The number of esters is 1. The van der Waals surface area contributed by atoms with Crippen LogP contribution < -0.4 is 0 Å². The fourth-order valence-electron chi connectivity index (χ4n) is 3.10. The molecule has 0 radical (unpaired) electrons. The zero-order valence-corrected chi connectivity index (χ0v) is 11.8. The van der Waals surface area contributed by atoms with Gasteiger partial charge in [0.05, 0.1) is 30.7 Å². The molecule has 2 bridgehead atoms. The van der Waals surface area contributed by atoms with Crippen LogP contribution in [0.25, 0.3) is 0 Å². The normalized spacial score (nSPS) is 32.7. The van der Waals surface area contributed by atoms with Gasteiger partial charge in [0, 0.05) is 12.1 Å². The van der Waals surface area contributed by atoms with Gasteiger partial charge < -0.3 is 9.47 Å². The number of carbonyl (C=O) groups excluding carboxylic acids is 3. The van der Waals surface area contributed by atoms with Crippen LogP contribution in [0.2, 0.25) is 0 Å². The van der Waals surface area contributed by atoms with E-state index in [4.69, 9.17) is 9.47 Å². The van der Waals surface area contributed by atoms with Gasteiger partial charge in [0.15, 0.2) is 0 Å². The first-order valence-corrected chi connectivity index (χ1v) is 7.02. The van der Waals surface area contributed by atoms with Gasteiger partial charge in [-0.2, -0.15) is 0 Å². The molecule has 6 heteroatoms. The molecule has 6 nitrogen and oxygen atoms in total.